The van der Waals surface area contributed by atoms with Crippen molar-refractivity contribution in [1.29, 1.82) is 0 Å². The number of nitrogens with one attached hydrogen (secondary N) is 1. The third-order valence-corrected chi connectivity index (χ3v) is 6.00. The van der Waals surface area contributed by atoms with Crippen molar-refractivity contribution >= 4 is 17.5 Å². The van der Waals surface area contributed by atoms with E-state index in [1.54, 1.807) is 13.8 Å². The fraction of sp³-hybridized carbons (Fsp3) is 0.571. The van der Waals surface area contributed by atoms with Crippen molar-refractivity contribution in [3.63, 3.8) is 0 Å². The molecule has 2 aliphatic rings. The summed E-state index contributed by atoms with van der Waals surface area (Å²) >= 11 is 5.58. The summed E-state index contributed by atoms with van der Waals surface area (Å²) in [5.74, 6) is -5.75. The van der Waals surface area contributed by atoms with Crippen LogP contribution in [-0.4, -0.2) is 77.2 Å². The van der Waals surface area contributed by atoms with Crippen LogP contribution in [0.25, 0.3) is 11.3 Å². The number of carbonyl (C=O) groups is 1. The number of halogens is 4. The van der Waals surface area contributed by atoms with Crippen LogP contribution in [0.4, 0.5) is 13.2 Å². The van der Waals surface area contributed by atoms with Crippen molar-refractivity contribution in [2.75, 3.05) is 26.1 Å². The second-order valence-electron chi connectivity index (χ2n) is 8.47. The first kappa shape index (κ1) is 24.9. The topological polar surface area (TPSA) is 96.7 Å². The van der Waals surface area contributed by atoms with Gasteiger partial charge in [-0.25, -0.2) is 17.9 Å². The fourth-order valence-corrected chi connectivity index (χ4v) is 4.30. The molecule has 9 nitrogen and oxygen atoms in total. The summed E-state index contributed by atoms with van der Waals surface area (Å²) in [7, 11) is 1.48. The number of nitrogens with zero attached hydrogens (tertiary/aromatic N) is 3. The number of fused-ring (bicyclic) bond motifs is 1. The zero-order valence-electron chi connectivity index (χ0n) is 18.6. The van der Waals surface area contributed by atoms with Gasteiger partial charge in [-0.1, -0.05) is 5.21 Å². The average Bonchev–Trinajstić information content (AvgIpc) is 3.29. The van der Waals surface area contributed by atoms with Crippen LogP contribution in [-0.2, 0) is 23.7 Å². The Bertz CT molecular complexity index is 1030. The maximum atomic E-state index is 13.8. The lowest BCUT2D eigenvalue weighted by Crippen LogP contribution is -2.64. The summed E-state index contributed by atoms with van der Waals surface area (Å²) in [4.78, 5) is 11.7. The van der Waals surface area contributed by atoms with E-state index in [2.05, 4.69) is 15.6 Å². The molecule has 0 saturated carbocycles. The number of hydrogen-bond donors (Lipinski definition) is 1. The van der Waals surface area contributed by atoms with Gasteiger partial charge in [-0.15, -0.1) is 16.7 Å². The van der Waals surface area contributed by atoms with E-state index >= 15 is 0 Å². The van der Waals surface area contributed by atoms with Gasteiger partial charge in [-0.2, -0.15) is 0 Å². The largest absolute Gasteiger partial charge is 0.376 e. The Morgan fingerprint density at radius 1 is 1.32 bits per heavy atom. The van der Waals surface area contributed by atoms with Crippen LogP contribution >= 0.6 is 11.6 Å². The molecule has 2 saturated heterocycles. The number of alkyl halides is 1. The predicted octanol–water partition coefficient (Wildman–Crippen LogP) is 2.19. The molecule has 34 heavy (non-hydrogen) atoms. The molecule has 0 aliphatic carbocycles. The molecule has 2 aliphatic heterocycles. The van der Waals surface area contributed by atoms with Crippen molar-refractivity contribution in [3.8, 4) is 11.3 Å². The molecule has 0 radical (unpaired) electrons. The molecule has 13 heteroatoms. The maximum absolute atomic E-state index is 13.8. The lowest BCUT2D eigenvalue weighted by molar-refractivity contribution is -0.349. The van der Waals surface area contributed by atoms with Crippen LogP contribution in [0.15, 0.2) is 18.3 Å². The molecular formula is C21H24ClF3N4O5. The van der Waals surface area contributed by atoms with Gasteiger partial charge < -0.3 is 24.3 Å². The predicted molar refractivity (Wildman–Crippen MR) is 112 cm³/mol. The van der Waals surface area contributed by atoms with Crippen molar-refractivity contribution in [2.24, 2.45) is 0 Å². The van der Waals surface area contributed by atoms with Crippen LogP contribution in [0, 0.1) is 17.5 Å². The van der Waals surface area contributed by atoms with E-state index in [-0.39, 0.29) is 36.2 Å². The standard InChI is InChI=1S/C21H24ClF3N4O5/c1-21(2)32-9-15-20(34-21)18(19(31-3)14(33-15)7-26-16(30)6-22)29-8-13(27-28-29)10-4-11(23)17(25)12(24)5-10/h4-5,8,14-15,18-20H,6-7,9H2,1-3H3,(H,26,30)/t14-,15-,18-,19+,20+/m1/s1. The minimum atomic E-state index is -1.57. The molecule has 1 amide bonds. The molecule has 1 aromatic heterocycles. The van der Waals surface area contributed by atoms with E-state index in [1.165, 1.54) is 18.0 Å². The molecule has 1 aromatic carbocycles. The summed E-state index contributed by atoms with van der Waals surface area (Å²) in [6, 6.07) is 1.07. The van der Waals surface area contributed by atoms with Gasteiger partial charge in [0.05, 0.1) is 12.8 Å². The van der Waals surface area contributed by atoms with Crippen LogP contribution < -0.4 is 5.32 Å². The highest BCUT2D eigenvalue weighted by atomic mass is 35.5. The third kappa shape index (κ3) is 4.91. The fourth-order valence-electron chi connectivity index (χ4n) is 4.21. The Morgan fingerprint density at radius 2 is 2.03 bits per heavy atom. The van der Waals surface area contributed by atoms with E-state index < -0.39 is 53.7 Å². The van der Waals surface area contributed by atoms with E-state index in [4.69, 9.17) is 30.5 Å². The molecule has 2 aromatic rings. The molecule has 1 N–H and O–H groups in total. The SMILES string of the molecule is CO[C@@H]1[C@@H](n2cc(-c3cc(F)c(F)c(F)c3)nn2)[C@H]2OC(C)(C)OC[C@H]2O[C@@H]1CNC(=O)CCl. The second kappa shape index (κ2) is 9.78. The summed E-state index contributed by atoms with van der Waals surface area (Å²) in [6.45, 7) is 3.82. The minimum Gasteiger partial charge on any atom is -0.376 e. The average molecular weight is 505 g/mol. The lowest BCUT2D eigenvalue weighted by atomic mass is 9.91. The Balaban J connectivity index is 1.69. The zero-order valence-corrected chi connectivity index (χ0v) is 19.4. The number of carbonyl (C=O) groups excluding carboxylic acids is 1. The maximum Gasteiger partial charge on any atom is 0.235 e. The number of ether oxygens (including phenoxy) is 4. The van der Waals surface area contributed by atoms with E-state index in [0.717, 1.165) is 12.1 Å². The first-order valence-corrected chi connectivity index (χ1v) is 11.1. The molecule has 186 valence electrons. The van der Waals surface area contributed by atoms with Crippen molar-refractivity contribution < 1.29 is 36.9 Å². The van der Waals surface area contributed by atoms with Crippen molar-refractivity contribution in [2.45, 2.75) is 50.1 Å². The molecule has 2 fully saturated rings. The van der Waals surface area contributed by atoms with Crippen molar-refractivity contribution in [1.82, 2.24) is 20.3 Å². The summed E-state index contributed by atoms with van der Waals surface area (Å²) < 4.78 is 66.1. The molecule has 0 unspecified atom stereocenters. The van der Waals surface area contributed by atoms with E-state index in [0.29, 0.717) is 0 Å². The van der Waals surface area contributed by atoms with Crippen LogP contribution in [0.5, 0.6) is 0 Å². The number of rotatable bonds is 6. The number of hydrogen-bond acceptors (Lipinski definition) is 7. The summed E-state index contributed by atoms with van der Waals surface area (Å²) in [5.41, 5.74) is 0.133. The zero-order chi connectivity index (χ0) is 24.6. The Labute approximate surface area is 198 Å². The molecule has 5 atom stereocenters. The van der Waals surface area contributed by atoms with E-state index in [1.807, 2.05) is 0 Å². The molecule has 0 spiro atoms. The van der Waals surface area contributed by atoms with Gasteiger partial charge in [0, 0.05) is 19.2 Å². The Hall–Kier alpha value is -2.25. The van der Waals surface area contributed by atoms with Crippen LogP contribution in [0.1, 0.15) is 19.9 Å². The number of amides is 1. The lowest BCUT2D eigenvalue weighted by Gasteiger charge is -2.51. The van der Waals surface area contributed by atoms with Gasteiger partial charge in [0.2, 0.25) is 5.91 Å². The Kier molecular flexibility index (Phi) is 7.15. The van der Waals surface area contributed by atoms with Crippen molar-refractivity contribution in [3.05, 3.63) is 35.8 Å². The highest BCUT2D eigenvalue weighted by Crippen LogP contribution is 2.39. The first-order valence-electron chi connectivity index (χ1n) is 10.5. The molecule has 0 bridgehead atoms. The van der Waals surface area contributed by atoms with Gasteiger partial charge in [-0.3, -0.25) is 4.79 Å². The molecule has 4 rings (SSSR count). The molecular weight excluding hydrogens is 481 g/mol. The van der Waals surface area contributed by atoms with E-state index in [9.17, 15) is 18.0 Å². The number of benzene rings is 1. The molecule has 3 heterocycles. The summed E-state index contributed by atoms with van der Waals surface area (Å²) in [6.07, 6.45) is -0.946. The highest BCUT2D eigenvalue weighted by Gasteiger charge is 2.52. The highest BCUT2D eigenvalue weighted by molar-refractivity contribution is 6.27. The summed E-state index contributed by atoms with van der Waals surface area (Å²) in [5, 5.41) is 10.8. The minimum absolute atomic E-state index is 0.0133. The van der Waals surface area contributed by atoms with Gasteiger partial charge in [0.25, 0.3) is 0 Å². The van der Waals surface area contributed by atoms with Crippen LogP contribution in [0.2, 0.25) is 0 Å². The monoisotopic (exact) mass is 504 g/mol. The Morgan fingerprint density at radius 3 is 2.68 bits per heavy atom. The second-order valence-corrected chi connectivity index (χ2v) is 8.74. The quantitative estimate of drug-likeness (QED) is 0.476. The first-order chi connectivity index (χ1) is 16.1. The number of aromatic nitrogens is 3. The number of methoxy groups -OCH3 is 1. The third-order valence-electron chi connectivity index (χ3n) is 5.76. The van der Waals surface area contributed by atoms with Gasteiger partial charge in [-0.05, 0) is 26.0 Å². The smallest absolute Gasteiger partial charge is 0.235 e. The normalized spacial score (nSPS) is 28.4. The van der Waals surface area contributed by atoms with Crippen LogP contribution in [0.3, 0.4) is 0 Å². The van der Waals surface area contributed by atoms with Gasteiger partial charge in [0.1, 0.15) is 42.0 Å². The van der Waals surface area contributed by atoms with Gasteiger partial charge >= 0.3 is 0 Å². The van der Waals surface area contributed by atoms with Gasteiger partial charge in [0.15, 0.2) is 23.2 Å².